The number of carbonyl (C=O) groups is 1. The van der Waals surface area contributed by atoms with Crippen LogP contribution in [-0.2, 0) is 6.61 Å². The van der Waals surface area contributed by atoms with E-state index >= 15 is 0 Å². The summed E-state index contributed by atoms with van der Waals surface area (Å²) in [7, 11) is 0. The fourth-order valence-corrected chi connectivity index (χ4v) is 3.24. The van der Waals surface area contributed by atoms with Crippen LogP contribution in [0, 0.1) is 0 Å². The van der Waals surface area contributed by atoms with E-state index in [1.165, 1.54) is 12.4 Å². The fraction of sp³-hybridized carbons (Fsp3) is 0.136. The fourth-order valence-electron chi connectivity index (χ4n) is 2.57. The number of hydrogen-bond donors (Lipinski definition) is 1. The van der Waals surface area contributed by atoms with Crippen molar-refractivity contribution in [3.8, 4) is 11.5 Å². The highest BCUT2D eigenvalue weighted by Crippen LogP contribution is 2.30. The third-order valence-electron chi connectivity index (χ3n) is 4.05. The minimum Gasteiger partial charge on any atom is -0.490 e. The number of hydrazone groups is 1. The predicted octanol–water partition coefficient (Wildman–Crippen LogP) is 5.78. The zero-order valence-electron chi connectivity index (χ0n) is 16.4. The first-order valence-corrected chi connectivity index (χ1v) is 10.4. The lowest BCUT2D eigenvalue weighted by Crippen LogP contribution is -2.18. The Morgan fingerprint density at radius 3 is 2.68 bits per heavy atom. The molecule has 31 heavy (non-hydrogen) atoms. The molecule has 0 aliphatic carbocycles. The summed E-state index contributed by atoms with van der Waals surface area (Å²) < 4.78 is 11.6. The van der Waals surface area contributed by atoms with Crippen molar-refractivity contribution in [2.45, 2.75) is 13.5 Å². The van der Waals surface area contributed by atoms with Crippen LogP contribution >= 0.6 is 34.8 Å². The SMILES string of the molecule is CCOc1cc(C=NNC(=O)c2cccnc2Cl)ccc1OCc1ccc(Cl)cc1Cl. The average molecular weight is 479 g/mol. The van der Waals surface area contributed by atoms with Crippen LogP contribution < -0.4 is 14.9 Å². The second-order valence-electron chi connectivity index (χ2n) is 6.20. The molecule has 0 spiro atoms. The third kappa shape index (κ3) is 6.34. The summed E-state index contributed by atoms with van der Waals surface area (Å²) >= 11 is 18.0. The molecule has 0 bridgehead atoms. The van der Waals surface area contributed by atoms with Gasteiger partial charge >= 0.3 is 0 Å². The Morgan fingerprint density at radius 1 is 1.10 bits per heavy atom. The number of hydrogen-bond acceptors (Lipinski definition) is 5. The Kier molecular flexibility index (Phi) is 8.12. The maximum atomic E-state index is 12.1. The monoisotopic (exact) mass is 477 g/mol. The van der Waals surface area contributed by atoms with Crippen LogP contribution in [0.5, 0.6) is 11.5 Å². The maximum Gasteiger partial charge on any atom is 0.274 e. The normalized spacial score (nSPS) is 10.8. The van der Waals surface area contributed by atoms with Gasteiger partial charge in [-0.25, -0.2) is 10.4 Å². The lowest BCUT2D eigenvalue weighted by atomic mass is 10.2. The molecule has 3 rings (SSSR count). The second-order valence-corrected chi connectivity index (χ2v) is 7.41. The second kappa shape index (κ2) is 11.0. The minimum atomic E-state index is -0.459. The number of pyridine rings is 1. The zero-order valence-corrected chi connectivity index (χ0v) is 18.7. The molecule has 1 N–H and O–H groups in total. The summed E-state index contributed by atoms with van der Waals surface area (Å²) in [6, 6.07) is 13.7. The molecule has 9 heteroatoms. The van der Waals surface area contributed by atoms with Crippen LogP contribution in [0.2, 0.25) is 15.2 Å². The minimum absolute atomic E-state index is 0.108. The average Bonchev–Trinajstić information content (AvgIpc) is 2.74. The van der Waals surface area contributed by atoms with Crippen molar-refractivity contribution in [1.82, 2.24) is 10.4 Å². The Bertz CT molecular complexity index is 1110. The Balaban J connectivity index is 1.68. The Labute approximate surface area is 194 Å². The predicted molar refractivity (Wildman–Crippen MR) is 123 cm³/mol. The van der Waals surface area contributed by atoms with Crippen molar-refractivity contribution in [3.63, 3.8) is 0 Å². The van der Waals surface area contributed by atoms with Gasteiger partial charge in [-0.3, -0.25) is 4.79 Å². The number of nitrogens with one attached hydrogen (secondary N) is 1. The van der Waals surface area contributed by atoms with Crippen molar-refractivity contribution in [2.75, 3.05) is 6.61 Å². The van der Waals surface area contributed by atoms with Gasteiger partial charge in [0.25, 0.3) is 5.91 Å². The highest BCUT2D eigenvalue weighted by molar-refractivity contribution is 6.35. The van der Waals surface area contributed by atoms with Gasteiger partial charge in [0, 0.05) is 21.8 Å². The highest BCUT2D eigenvalue weighted by Gasteiger charge is 2.10. The smallest absolute Gasteiger partial charge is 0.274 e. The molecule has 6 nitrogen and oxygen atoms in total. The van der Waals surface area contributed by atoms with Crippen LogP contribution in [0.3, 0.4) is 0 Å². The van der Waals surface area contributed by atoms with Gasteiger partial charge in [0.15, 0.2) is 11.5 Å². The van der Waals surface area contributed by atoms with Crippen LogP contribution in [0.1, 0.15) is 28.4 Å². The van der Waals surface area contributed by atoms with Gasteiger partial charge in [-0.05, 0) is 55.0 Å². The summed E-state index contributed by atoms with van der Waals surface area (Å²) in [6.45, 7) is 2.58. The molecule has 3 aromatic rings. The van der Waals surface area contributed by atoms with Crippen molar-refractivity contribution in [2.24, 2.45) is 5.10 Å². The molecule has 0 radical (unpaired) electrons. The highest BCUT2D eigenvalue weighted by atomic mass is 35.5. The molecule has 1 amide bonds. The molecular formula is C22H18Cl3N3O3. The molecule has 0 aliphatic heterocycles. The van der Waals surface area contributed by atoms with Crippen LogP contribution in [0.15, 0.2) is 59.8 Å². The van der Waals surface area contributed by atoms with E-state index in [0.29, 0.717) is 33.7 Å². The molecular weight excluding hydrogens is 461 g/mol. The molecule has 0 atom stereocenters. The quantitative estimate of drug-likeness (QED) is 0.253. The molecule has 0 aliphatic rings. The number of rotatable bonds is 8. The van der Waals surface area contributed by atoms with E-state index < -0.39 is 5.91 Å². The van der Waals surface area contributed by atoms with Crippen molar-refractivity contribution < 1.29 is 14.3 Å². The Hall–Kier alpha value is -2.80. The number of nitrogens with zero attached hydrogens (tertiary/aromatic N) is 2. The number of ether oxygens (including phenoxy) is 2. The number of benzene rings is 2. The number of halogens is 3. The van der Waals surface area contributed by atoms with Gasteiger partial charge in [-0.1, -0.05) is 40.9 Å². The van der Waals surface area contributed by atoms with E-state index in [4.69, 9.17) is 44.3 Å². The summed E-state index contributed by atoms with van der Waals surface area (Å²) in [5.41, 5.74) is 4.17. The van der Waals surface area contributed by atoms with E-state index in [-0.39, 0.29) is 17.3 Å². The van der Waals surface area contributed by atoms with Gasteiger partial charge in [0.05, 0.1) is 18.4 Å². The Morgan fingerprint density at radius 2 is 1.94 bits per heavy atom. The molecule has 2 aromatic carbocycles. The lowest BCUT2D eigenvalue weighted by Gasteiger charge is -2.13. The first kappa shape index (κ1) is 22.9. The first-order valence-electron chi connectivity index (χ1n) is 9.25. The van der Waals surface area contributed by atoms with E-state index in [1.807, 2.05) is 13.0 Å². The first-order chi connectivity index (χ1) is 15.0. The number of aromatic nitrogens is 1. The standard InChI is InChI=1S/C22H18Cl3N3O3/c1-2-30-20-10-14(12-27-28-22(29)17-4-3-9-26-21(17)25)5-8-19(20)31-13-15-6-7-16(23)11-18(15)24/h3-12H,2,13H2,1H3,(H,28,29). The van der Waals surface area contributed by atoms with E-state index in [9.17, 15) is 4.79 Å². The summed E-state index contributed by atoms with van der Waals surface area (Å²) in [5, 5.41) is 5.16. The maximum absolute atomic E-state index is 12.1. The summed E-state index contributed by atoms with van der Waals surface area (Å²) in [4.78, 5) is 16.0. The van der Waals surface area contributed by atoms with Crippen LogP contribution in [0.4, 0.5) is 0 Å². The molecule has 0 saturated carbocycles. The summed E-state index contributed by atoms with van der Waals surface area (Å²) in [6.07, 6.45) is 2.99. The van der Waals surface area contributed by atoms with E-state index in [2.05, 4.69) is 15.5 Å². The van der Waals surface area contributed by atoms with Crippen molar-refractivity contribution in [3.05, 3.63) is 86.6 Å². The number of carbonyl (C=O) groups excluding carboxylic acids is 1. The largest absolute Gasteiger partial charge is 0.490 e. The lowest BCUT2D eigenvalue weighted by molar-refractivity contribution is 0.0955. The van der Waals surface area contributed by atoms with Gasteiger partial charge in [0.1, 0.15) is 11.8 Å². The van der Waals surface area contributed by atoms with Gasteiger partial charge in [0.2, 0.25) is 0 Å². The number of amides is 1. The van der Waals surface area contributed by atoms with Crippen LogP contribution in [-0.4, -0.2) is 23.7 Å². The van der Waals surface area contributed by atoms with Gasteiger partial charge < -0.3 is 9.47 Å². The molecule has 1 aromatic heterocycles. The van der Waals surface area contributed by atoms with Crippen molar-refractivity contribution >= 4 is 46.9 Å². The molecule has 0 saturated heterocycles. The molecule has 1 heterocycles. The van der Waals surface area contributed by atoms with Crippen LogP contribution in [0.25, 0.3) is 0 Å². The zero-order chi connectivity index (χ0) is 22.2. The van der Waals surface area contributed by atoms with Gasteiger partial charge in [-0.15, -0.1) is 0 Å². The van der Waals surface area contributed by atoms with E-state index in [0.717, 1.165) is 5.56 Å². The van der Waals surface area contributed by atoms with E-state index in [1.54, 1.807) is 42.5 Å². The van der Waals surface area contributed by atoms with Gasteiger partial charge in [-0.2, -0.15) is 5.10 Å². The van der Waals surface area contributed by atoms with Crippen molar-refractivity contribution in [1.29, 1.82) is 0 Å². The molecule has 0 unspecified atom stereocenters. The molecule has 0 fully saturated rings. The summed E-state index contributed by atoms with van der Waals surface area (Å²) in [5.74, 6) is 0.633. The third-order valence-corrected chi connectivity index (χ3v) is 4.94. The molecule has 160 valence electrons. The topological polar surface area (TPSA) is 72.8 Å².